The fourth-order valence-electron chi connectivity index (χ4n) is 3.56. The van der Waals surface area contributed by atoms with E-state index in [4.69, 9.17) is 10.00 Å². The summed E-state index contributed by atoms with van der Waals surface area (Å²) in [6.45, 7) is 3.64. The van der Waals surface area contributed by atoms with E-state index >= 15 is 0 Å². The number of anilines is 1. The first-order chi connectivity index (χ1) is 17.5. The van der Waals surface area contributed by atoms with Gasteiger partial charge in [-0.15, -0.1) is 11.3 Å². The molecule has 36 heavy (non-hydrogen) atoms. The molecule has 0 bridgehead atoms. The molecule has 10 heteroatoms. The van der Waals surface area contributed by atoms with Crippen LogP contribution in [-0.4, -0.2) is 58.5 Å². The van der Waals surface area contributed by atoms with Crippen molar-refractivity contribution >= 4 is 29.0 Å². The molecule has 0 aliphatic rings. The zero-order valence-corrected chi connectivity index (χ0v) is 21.3. The van der Waals surface area contributed by atoms with Gasteiger partial charge in [-0.3, -0.25) is 9.78 Å². The number of methoxy groups -OCH3 is 1. The van der Waals surface area contributed by atoms with Gasteiger partial charge in [0.2, 0.25) is 0 Å². The van der Waals surface area contributed by atoms with Gasteiger partial charge in [0.1, 0.15) is 10.7 Å². The molecule has 3 aromatic rings. The Morgan fingerprint density at radius 2 is 1.97 bits per heavy atom. The van der Waals surface area contributed by atoms with Gasteiger partial charge in [0.25, 0.3) is 5.91 Å². The van der Waals surface area contributed by atoms with E-state index in [2.05, 4.69) is 21.4 Å². The zero-order valence-electron chi connectivity index (χ0n) is 20.5. The maximum atomic E-state index is 13.2. The number of carbonyl (C=O) groups excluding carboxylic acids is 2. The summed E-state index contributed by atoms with van der Waals surface area (Å²) < 4.78 is 5.19. The first-order valence-electron chi connectivity index (χ1n) is 11.7. The number of aromatic nitrogens is 2. The molecule has 0 aliphatic heterocycles. The lowest BCUT2D eigenvalue weighted by Gasteiger charge is -2.23. The highest BCUT2D eigenvalue weighted by Gasteiger charge is 2.21. The van der Waals surface area contributed by atoms with Gasteiger partial charge in [0.15, 0.2) is 0 Å². The molecule has 2 heterocycles. The molecule has 0 saturated heterocycles. The van der Waals surface area contributed by atoms with Crippen LogP contribution in [-0.2, 0) is 24.2 Å². The maximum Gasteiger partial charge on any atom is 0.322 e. The first-order valence-corrected chi connectivity index (χ1v) is 12.6. The van der Waals surface area contributed by atoms with E-state index in [1.54, 1.807) is 34.7 Å². The third kappa shape index (κ3) is 7.60. The average molecular weight is 507 g/mol. The van der Waals surface area contributed by atoms with Gasteiger partial charge in [0, 0.05) is 50.2 Å². The van der Waals surface area contributed by atoms with Gasteiger partial charge in [-0.25, -0.2) is 9.78 Å². The number of nitrogens with one attached hydrogen (secondary N) is 1. The van der Waals surface area contributed by atoms with Crippen LogP contribution in [0.25, 0.3) is 0 Å². The largest absolute Gasteiger partial charge is 0.383 e. The smallest absolute Gasteiger partial charge is 0.322 e. The summed E-state index contributed by atoms with van der Waals surface area (Å²) in [5, 5.41) is 14.3. The number of rotatable bonds is 12. The average Bonchev–Trinajstić information content (AvgIpc) is 3.38. The molecular formula is C26H30N6O3S. The van der Waals surface area contributed by atoms with Crippen LogP contribution < -0.4 is 5.32 Å². The standard InChI is InChI=1S/C26H30N6O3S/c1-3-21-9-4-5-10-22(21)30-26(34)32(14-15-35-2)18-24-29-23(19-36-24)25(33)31(13-7-11-27)17-20-8-6-12-28-16-20/h4-6,8-10,12,16,19H,3,7,13-15,17-18H2,1-2H3,(H,30,34). The lowest BCUT2D eigenvalue weighted by molar-refractivity contribution is 0.0741. The lowest BCUT2D eigenvalue weighted by Crippen LogP contribution is -2.37. The second kappa shape index (κ2) is 13.9. The van der Waals surface area contributed by atoms with Crippen molar-refractivity contribution in [1.29, 1.82) is 5.26 Å². The summed E-state index contributed by atoms with van der Waals surface area (Å²) in [6.07, 6.45) is 4.38. The number of nitrogens with zero attached hydrogens (tertiary/aromatic N) is 5. The fourth-order valence-corrected chi connectivity index (χ4v) is 4.34. The quantitative estimate of drug-likeness (QED) is 0.391. The van der Waals surface area contributed by atoms with Crippen LogP contribution in [0.4, 0.5) is 10.5 Å². The van der Waals surface area contributed by atoms with Crippen LogP contribution in [0.15, 0.2) is 54.2 Å². The number of benzene rings is 1. The predicted molar refractivity (Wildman–Crippen MR) is 138 cm³/mol. The summed E-state index contributed by atoms with van der Waals surface area (Å²) in [6, 6.07) is 13.2. The van der Waals surface area contributed by atoms with Gasteiger partial charge in [0.05, 0.1) is 25.6 Å². The van der Waals surface area contributed by atoms with Gasteiger partial charge in [-0.2, -0.15) is 5.26 Å². The van der Waals surface area contributed by atoms with E-state index in [1.165, 1.54) is 11.3 Å². The molecular weight excluding hydrogens is 476 g/mol. The van der Waals surface area contributed by atoms with Crippen molar-refractivity contribution in [2.45, 2.75) is 32.9 Å². The third-order valence-electron chi connectivity index (χ3n) is 5.47. The number of hydrogen-bond acceptors (Lipinski definition) is 7. The second-order valence-electron chi connectivity index (χ2n) is 7.98. The van der Waals surface area contributed by atoms with E-state index in [-0.39, 0.29) is 31.4 Å². The number of para-hydroxylation sites is 1. The second-order valence-corrected chi connectivity index (χ2v) is 8.92. The van der Waals surface area contributed by atoms with Crippen molar-refractivity contribution in [2.75, 3.05) is 32.1 Å². The summed E-state index contributed by atoms with van der Waals surface area (Å²) in [5.41, 5.74) is 2.98. The van der Waals surface area contributed by atoms with Gasteiger partial charge < -0.3 is 19.9 Å². The number of amides is 3. The molecule has 2 aromatic heterocycles. The Kier molecular flexibility index (Phi) is 10.4. The number of pyridine rings is 1. The van der Waals surface area contributed by atoms with Crippen LogP contribution in [0, 0.1) is 11.3 Å². The van der Waals surface area contributed by atoms with Crippen molar-refractivity contribution in [1.82, 2.24) is 19.8 Å². The molecule has 3 amide bonds. The van der Waals surface area contributed by atoms with Crippen molar-refractivity contribution in [2.24, 2.45) is 0 Å². The number of urea groups is 1. The molecule has 0 aliphatic carbocycles. The van der Waals surface area contributed by atoms with E-state index in [1.807, 2.05) is 43.3 Å². The van der Waals surface area contributed by atoms with E-state index < -0.39 is 0 Å². The fraction of sp³-hybridized carbons (Fsp3) is 0.346. The summed E-state index contributed by atoms with van der Waals surface area (Å²) in [4.78, 5) is 38.1. The minimum Gasteiger partial charge on any atom is -0.383 e. The third-order valence-corrected chi connectivity index (χ3v) is 6.30. The summed E-state index contributed by atoms with van der Waals surface area (Å²) in [5.74, 6) is -0.263. The highest BCUT2D eigenvalue weighted by Crippen LogP contribution is 2.19. The number of thiazole rings is 1. The van der Waals surface area contributed by atoms with Crippen LogP contribution >= 0.6 is 11.3 Å². The topological polar surface area (TPSA) is 111 Å². The SMILES string of the molecule is CCc1ccccc1NC(=O)N(CCOC)Cc1nc(C(=O)N(CCC#N)Cc2cccnc2)cs1. The Balaban J connectivity index is 1.72. The molecule has 3 rings (SSSR count). The van der Waals surface area contributed by atoms with Gasteiger partial charge in [-0.05, 0) is 29.7 Å². The summed E-state index contributed by atoms with van der Waals surface area (Å²) in [7, 11) is 1.58. The van der Waals surface area contributed by atoms with Crippen molar-refractivity contribution in [3.8, 4) is 6.07 Å². The van der Waals surface area contributed by atoms with Crippen LogP contribution in [0.5, 0.6) is 0 Å². The molecule has 1 aromatic carbocycles. The van der Waals surface area contributed by atoms with Crippen molar-refractivity contribution in [3.63, 3.8) is 0 Å². The van der Waals surface area contributed by atoms with Crippen LogP contribution in [0.1, 0.15) is 40.0 Å². The molecule has 0 atom stereocenters. The Hall–Kier alpha value is -3.81. The number of ether oxygens (including phenoxy) is 1. The molecule has 188 valence electrons. The Morgan fingerprint density at radius 3 is 2.69 bits per heavy atom. The van der Waals surface area contributed by atoms with Crippen molar-refractivity contribution in [3.05, 3.63) is 76.0 Å². The van der Waals surface area contributed by atoms with Gasteiger partial charge in [-0.1, -0.05) is 31.2 Å². The Morgan fingerprint density at radius 1 is 1.14 bits per heavy atom. The molecule has 0 fully saturated rings. The molecule has 1 N–H and O–H groups in total. The molecule has 0 saturated carbocycles. The minimum absolute atomic E-state index is 0.215. The maximum absolute atomic E-state index is 13.2. The number of aryl methyl sites for hydroxylation is 1. The summed E-state index contributed by atoms with van der Waals surface area (Å²) >= 11 is 1.32. The number of carbonyl (C=O) groups is 2. The Bertz CT molecular complexity index is 1180. The van der Waals surface area contributed by atoms with Crippen LogP contribution in [0.2, 0.25) is 0 Å². The Labute approximate surface area is 215 Å². The van der Waals surface area contributed by atoms with Crippen LogP contribution in [0.3, 0.4) is 0 Å². The highest BCUT2D eigenvalue weighted by molar-refractivity contribution is 7.09. The number of nitriles is 1. The van der Waals surface area contributed by atoms with Crippen molar-refractivity contribution < 1.29 is 14.3 Å². The van der Waals surface area contributed by atoms with Gasteiger partial charge >= 0.3 is 6.03 Å². The molecule has 0 unspecified atom stereocenters. The van der Waals surface area contributed by atoms with E-state index in [0.717, 1.165) is 23.2 Å². The number of hydrogen-bond donors (Lipinski definition) is 1. The molecule has 0 spiro atoms. The highest BCUT2D eigenvalue weighted by atomic mass is 32.1. The normalized spacial score (nSPS) is 10.5. The lowest BCUT2D eigenvalue weighted by atomic mass is 10.1. The minimum atomic E-state index is -0.263. The molecule has 0 radical (unpaired) electrons. The first kappa shape index (κ1) is 26.8. The van der Waals surface area contributed by atoms with E-state index in [0.29, 0.717) is 30.4 Å². The van der Waals surface area contributed by atoms with E-state index in [9.17, 15) is 9.59 Å². The monoisotopic (exact) mass is 506 g/mol. The molecule has 9 nitrogen and oxygen atoms in total. The zero-order chi connectivity index (χ0) is 25.8. The predicted octanol–water partition coefficient (Wildman–Crippen LogP) is 4.34.